The molecule has 1 atom stereocenters. The lowest BCUT2D eigenvalue weighted by Crippen LogP contribution is -2.16. The van der Waals surface area contributed by atoms with E-state index < -0.39 is 12.1 Å². The highest BCUT2D eigenvalue weighted by molar-refractivity contribution is 6.05. The molecule has 0 saturated carbocycles. The van der Waals surface area contributed by atoms with Gasteiger partial charge in [0.05, 0.1) is 24.0 Å². The zero-order valence-electron chi connectivity index (χ0n) is 14.9. The number of nitrogens with zero attached hydrogens (tertiary/aromatic N) is 3. The summed E-state index contributed by atoms with van der Waals surface area (Å²) in [6.07, 6.45) is 2.79. The lowest BCUT2D eigenvalue weighted by molar-refractivity contribution is -0.116. The molecule has 138 valence electrons. The molecule has 0 aliphatic carbocycles. The fourth-order valence-corrected chi connectivity index (χ4v) is 3.43. The van der Waals surface area contributed by atoms with Gasteiger partial charge in [-0.15, -0.1) is 0 Å². The van der Waals surface area contributed by atoms with E-state index in [-0.39, 0.29) is 12.5 Å². The standard InChI is InChI=1S/C19H18N4O4/c1-3-11-14(27-19(25)26-4-2)9-23-17(11)16(20-10-21-23)15-12-7-5-6-8-13(12)22-18(15)24/h5-10,15H,3-4H2,1-2H3,(H,22,24). The summed E-state index contributed by atoms with van der Waals surface area (Å²) in [5.74, 6) is -0.348. The van der Waals surface area contributed by atoms with Gasteiger partial charge in [0.1, 0.15) is 12.2 Å². The van der Waals surface area contributed by atoms with Gasteiger partial charge in [0.2, 0.25) is 5.91 Å². The van der Waals surface area contributed by atoms with Crippen LogP contribution in [0.4, 0.5) is 10.5 Å². The van der Waals surface area contributed by atoms with Gasteiger partial charge in [-0.3, -0.25) is 4.79 Å². The number of aromatic nitrogens is 3. The number of benzene rings is 1. The predicted octanol–water partition coefficient (Wildman–Crippen LogP) is 2.91. The van der Waals surface area contributed by atoms with Crippen molar-refractivity contribution in [2.24, 2.45) is 0 Å². The lowest BCUT2D eigenvalue weighted by Gasteiger charge is -2.11. The van der Waals surface area contributed by atoms with Crippen LogP contribution in [0.2, 0.25) is 0 Å². The fourth-order valence-electron chi connectivity index (χ4n) is 3.43. The topological polar surface area (TPSA) is 94.8 Å². The molecule has 0 spiro atoms. The summed E-state index contributed by atoms with van der Waals surface area (Å²) in [5.41, 5.74) is 3.62. The van der Waals surface area contributed by atoms with Crippen LogP contribution in [0.15, 0.2) is 36.8 Å². The third-order valence-corrected chi connectivity index (χ3v) is 4.54. The van der Waals surface area contributed by atoms with Crippen LogP contribution in [-0.2, 0) is 16.0 Å². The summed E-state index contributed by atoms with van der Waals surface area (Å²) in [6.45, 7) is 3.86. The molecule has 0 radical (unpaired) electrons. The molecule has 4 rings (SSSR count). The van der Waals surface area contributed by atoms with Crippen molar-refractivity contribution in [1.82, 2.24) is 14.6 Å². The van der Waals surface area contributed by atoms with E-state index in [4.69, 9.17) is 9.47 Å². The summed E-state index contributed by atoms with van der Waals surface area (Å²) >= 11 is 0. The van der Waals surface area contributed by atoms with Crippen LogP contribution in [0, 0.1) is 0 Å². The molecule has 3 heterocycles. The number of aryl methyl sites for hydroxylation is 1. The van der Waals surface area contributed by atoms with E-state index in [9.17, 15) is 9.59 Å². The van der Waals surface area contributed by atoms with Gasteiger partial charge in [-0.05, 0) is 25.0 Å². The SMILES string of the molecule is CCOC(=O)Oc1cn2ncnc(C3C(=O)Nc4ccccc43)c2c1CC. The molecule has 0 saturated heterocycles. The Labute approximate surface area is 155 Å². The van der Waals surface area contributed by atoms with Crippen molar-refractivity contribution in [2.75, 3.05) is 11.9 Å². The molecule has 8 nitrogen and oxygen atoms in total. The second-order valence-corrected chi connectivity index (χ2v) is 6.06. The van der Waals surface area contributed by atoms with Crippen LogP contribution in [0.1, 0.15) is 36.6 Å². The number of fused-ring (bicyclic) bond motifs is 2. The Bertz CT molecular complexity index is 1040. The first-order valence-electron chi connectivity index (χ1n) is 8.73. The van der Waals surface area contributed by atoms with Crippen molar-refractivity contribution in [3.05, 3.63) is 53.6 Å². The van der Waals surface area contributed by atoms with Crippen LogP contribution in [-0.4, -0.2) is 33.3 Å². The van der Waals surface area contributed by atoms with Crippen molar-refractivity contribution in [1.29, 1.82) is 0 Å². The maximum Gasteiger partial charge on any atom is 0.513 e. The molecule has 1 aromatic carbocycles. The minimum Gasteiger partial charge on any atom is -0.434 e. The quantitative estimate of drug-likeness (QED) is 0.714. The average Bonchev–Trinajstić information content (AvgIpc) is 3.17. The summed E-state index contributed by atoms with van der Waals surface area (Å²) in [4.78, 5) is 28.8. The number of para-hydroxylation sites is 1. The number of hydrogen-bond acceptors (Lipinski definition) is 6. The molecular weight excluding hydrogens is 348 g/mol. The number of amides is 1. The molecule has 3 aromatic rings. The summed E-state index contributed by atoms with van der Waals surface area (Å²) in [5, 5.41) is 7.11. The zero-order chi connectivity index (χ0) is 19.0. The summed E-state index contributed by atoms with van der Waals surface area (Å²) in [7, 11) is 0. The first-order valence-corrected chi connectivity index (χ1v) is 8.73. The minimum atomic E-state index is -0.776. The first kappa shape index (κ1) is 17.0. The Morgan fingerprint density at radius 2 is 2.11 bits per heavy atom. The third kappa shape index (κ3) is 2.79. The number of rotatable bonds is 4. The van der Waals surface area contributed by atoms with E-state index in [0.29, 0.717) is 23.4 Å². The van der Waals surface area contributed by atoms with Gasteiger partial charge >= 0.3 is 6.16 Å². The van der Waals surface area contributed by atoms with Gasteiger partial charge in [-0.1, -0.05) is 25.1 Å². The monoisotopic (exact) mass is 366 g/mol. The molecule has 0 fully saturated rings. The van der Waals surface area contributed by atoms with E-state index in [1.807, 2.05) is 31.2 Å². The molecular formula is C19H18N4O4. The molecule has 1 N–H and O–H groups in total. The van der Waals surface area contributed by atoms with Gasteiger partial charge in [0, 0.05) is 11.3 Å². The zero-order valence-corrected chi connectivity index (χ0v) is 14.9. The van der Waals surface area contributed by atoms with E-state index in [1.54, 1.807) is 17.6 Å². The van der Waals surface area contributed by atoms with E-state index in [1.165, 1.54) is 6.33 Å². The van der Waals surface area contributed by atoms with E-state index in [2.05, 4.69) is 15.4 Å². The molecule has 2 aromatic heterocycles. The van der Waals surface area contributed by atoms with Gasteiger partial charge in [-0.25, -0.2) is 14.3 Å². The van der Waals surface area contributed by atoms with Gasteiger partial charge in [0.15, 0.2) is 5.75 Å². The molecule has 1 amide bonds. The second-order valence-electron chi connectivity index (χ2n) is 6.06. The summed E-state index contributed by atoms with van der Waals surface area (Å²) in [6, 6.07) is 7.52. The van der Waals surface area contributed by atoms with Gasteiger partial charge in [-0.2, -0.15) is 5.10 Å². The van der Waals surface area contributed by atoms with Gasteiger partial charge < -0.3 is 14.8 Å². The molecule has 0 bridgehead atoms. The number of nitrogens with one attached hydrogen (secondary N) is 1. The van der Waals surface area contributed by atoms with Crippen molar-refractivity contribution in [3.63, 3.8) is 0 Å². The Balaban J connectivity index is 1.86. The Morgan fingerprint density at radius 3 is 2.89 bits per heavy atom. The molecule has 1 unspecified atom stereocenters. The number of carbonyl (C=O) groups excluding carboxylic acids is 2. The number of ether oxygens (including phenoxy) is 2. The smallest absolute Gasteiger partial charge is 0.434 e. The molecule has 1 aliphatic rings. The number of carbonyl (C=O) groups is 2. The number of hydrogen-bond donors (Lipinski definition) is 1. The van der Waals surface area contributed by atoms with Crippen LogP contribution in [0.5, 0.6) is 5.75 Å². The van der Waals surface area contributed by atoms with E-state index >= 15 is 0 Å². The predicted molar refractivity (Wildman–Crippen MR) is 96.9 cm³/mol. The van der Waals surface area contributed by atoms with Crippen LogP contribution in [0.3, 0.4) is 0 Å². The molecule has 8 heteroatoms. The van der Waals surface area contributed by atoms with Crippen molar-refractivity contribution >= 4 is 23.3 Å². The van der Waals surface area contributed by atoms with Crippen LogP contribution in [0.25, 0.3) is 5.52 Å². The van der Waals surface area contributed by atoms with Gasteiger partial charge in [0.25, 0.3) is 0 Å². The highest BCUT2D eigenvalue weighted by atomic mass is 16.7. The lowest BCUT2D eigenvalue weighted by atomic mass is 9.95. The van der Waals surface area contributed by atoms with Crippen molar-refractivity contribution in [3.8, 4) is 5.75 Å². The van der Waals surface area contributed by atoms with Crippen molar-refractivity contribution < 1.29 is 19.1 Å². The Morgan fingerprint density at radius 1 is 1.30 bits per heavy atom. The second kappa shape index (κ2) is 6.71. The highest BCUT2D eigenvalue weighted by Crippen LogP contribution is 2.39. The number of anilines is 1. The fraction of sp³-hybridized carbons (Fsp3) is 0.263. The van der Waals surface area contributed by atoms with E-state index in [0.717, 1.165) is 16.8 Å². The largest absolute Gasteiger partial charge is 0.513 e. The highest BCUT2D eigenvalue weighted by Gasteiger charge is 2.35. The maximum absolute atomic E-state index is 12.7. The minimum absolute atomic E-state index is 0.145. The first-order chi connectivity index (χ1) is 13.1. The third-order valence-electron chi connectivity index (χ3n) is 4.54. The summed E-state index contributed by atoms with van der Waals surface area (Å²) < 4.78 is 11.8. The maximum atomic E-state index is 12.7. The average molecular weight is 366 g/mol. The molecule has 27 heavy (non-hydrogen) atoms. The van der Waals surface area contributed by atoms with Crippen LogP contribution >= 0.6 is 0 Å². The Kier molecular flexibility index (Phi) is 4.23. The molecule has 1 aliphatic heterocycles. The van der Waals surface area contributed by atoms with Crippen molar-refractivity contribution in [2.45, 2.75) is 26.2 Å². The normalized spacial score (nSPS) is 15.5. The Hall–Kier alpha value is -3.42. The van der Waals surface area contributed by atoms with Crippen LogP contribution < -0.4 is 10.1 Å².